The second-order valence-electron chi connectivity index (χ2n) is 7.24. The number of aryl methyl sites for hydroxylation is 1. The highest BCUT2D eigenvalue weighted by Gasteiger charge is 2.02. The Kier molecular flexibility index (Phi) is 13.3. The quantitative estimate of drug-likeness (QED) is 0.363. The van der Waals surface area contributed by atoms with Crippen molar-refractivity contribution in [2.75, 3.05) is 0 Å². The monoisotopic (exact) mass is 350 g/mol. The van der Waals surface area contributed by atoms with Crippen LogP contribution in [-0.2, 0) is 13.0 Å². The smallest absolute Gasteiger partial charge is 0.190 e. The average Bonchev–Trinajstić information content (AvgIpc) is 2.62. The van der Waals surface area contributed by atoms with Crippen LogP contribution in [0.2, 0.25) is 0 Å². The van der Waals surface area contributed by atoms with Crippen molar-refractivity contribution in [2.45, 2.75) is 110 Å². The molecule has 0 aliphatic heterocycles. The van der Waals surface area contributed by atoms with E-state index < -0.39 is 0 Å². The van der Waals surface area contributed by atoms with Crippen molar-refractivity contribution in [3.05, 3.63) is 33.9 Å². The summed E-state index contributed by atoms with van der Waals surface area (Å²) in [6, 6.07) is 1.52. The third kappa shape index (κ3) is 11.2. The van der Waals surface area contributed by atoms with Gasteiger partial charge in [-0.2, -0.15) is 0 Å². The van der Waals surface area contributed by atoms with Crippen molar-refractivity contribution in [1.82, 2.24) is 0 Å². The van der Waals surface area contributed by atoms with Crippen LogP contribution >= 0.6 is 0 Å². The van der Waals surface area contributed by atoms with Crippen LogP contribution in [0.4, 0.5) is 0 Å². The summed E-state index contributed by atoms with van der Waals surface area (Å²) in [5.74, 6) is 0.737. The first-order chi connectivity index (χ1) is 12.3. The molecule has 1 aromatic heterocycles. The Morgan fingerprint density at radius 3 is 1.72 bits per heavy atom. The van der Waals surface area contributed by atoms with Crippen molar-refractivity contribution in [1.29, 1.82) is 0 Å². The number of hydrogen-bond donors (Lipinski definition) is 1. The van der Waals surface area contributed by atoms with Crippen LogP contribution in [0.25, 0.3) is 0 Å². The fourth-order valence-electron chi connectivity index (χ4n) is 3.22. The minimum atomic E-state index is -0.249. The molecule has 3 nitrogen and oxygen atoms in total. The predicted octanol–water partition coefficient (Wildman–Crippen LogP) is 6.16. The van der Waals surface area contributed by atoms with E-state index >= 15 is 0 Å². The molecule has 3 heteroatoms. The van der Waals surface area contributed by atoms with Gasteiger partial charge in [0.1, 0.15) is 5.76 Å². The summed E-state index contributed by atoms with van der Waals surface area (Å²) in [6.45, 7) is 2.02. The van der Waals surface area contributed by atoms with E-state index in [0.717, 1.165) is 18.6 Å². The van der Waals surface area contributed by atoms with Gasteiger partial charge < -0.3 is 9.52 Å². The summed E-state index contributed by atoms with van der Waals surface area (Å²) >= 11 is 0. The fourth-order valence-corrected chi connectivity index (χ4v) is 3.22. The van der Waals surface area contributed by atoms with Crippen LogP contribution in [0.3, 0.4) is 0 Å². The van der Waals surface area contributed by atoms with Gasteiger partial charge in [0, 0.05) is 12.5 Å². The summed E-state index contributed by atoms with van der Waals surface area (Å²) in [5.41, 5.74) is 0.221. The van der Waals surface area contributed by atoms with Gasteiger partial charge in [-0.15, -0.1) is 0 Å². The molecule has 0 amide bonds. The Labute approximate surface area is 153 Å². The average molecular weight is 351 g/mol. The molecule has 0 aliphatic carbocycles. The molecule has 1 heterocycles. The highest BCUT2D eigenvalue weighted by molar-refractivity contribution is 5.10. The minimum Gasteiger partial charge on any atom is -0.469 e. The van der Waals surface area contributed by atoms with Crippen LogP contribution in [0.15, 0.2) is 21.5 Å². The lowest BCUT2D eigenvalue weighted by Gasteiger charge is -2.04. The number of aliphatic hydroxyl groups excluding tert-OH is 1. The van der Waals surface area contributed by atoms with Crippen LogP contribution in [0.1, 0.15) is 108 Å². The molecule has 0 saturated heterocycles. The molecule has 0 aliphatic rings. The van der Waals surface area contributed by atoms with Gasteiger partial charge in [-0.25, -0.2) is 0 Å². The molecule has 1 rings (SSSR count). The molecule has 0 atom stereocenters. The third-order valence-electron chi connectivity index (χ3n) is 4.91. The highest BCUT2D eigenvalue weighted by Crippen LogP contribution is 2.13. The van der Waals surface area contributed by atoms with Crippen LogP contribution in [0, 0.1) is 0 Å². The van der Waals surface area contributed by atoms with E-state index in [9.17, 15) is 4.79 Å². The number of hydrogen-bond acceptors (Lipinski definition) is 3. The highest BCUT2D eigenvalue weighted by atomic mass is 16.3. The van der Waals surface area contributed by atoms with Crippen molar-refractivity contribution in [3.63, 3.8) is 0 Å². The topological polar surface area (TPSA) is 50.4 Å². The standard InChI is InChI=1S/C22H38O3/c1-2-3-4-5-6-7-8-9-10-11-12-13-14-15-16-21-17-22(24)20(18-23)19-25-21/h17,19,23H,2-16,18H2,1H3. The zero-order valence-electron chi connectivity index (χ0n) is 16.2. The van der Waals surface area contributed by atoms with Gasteiger partial charge in [0.25, 0.3) is 0 Å². The molecule has 0 radical (unpaired) electrons. The molecule has 144 valence electrons. The number of rotatable bonds is 16. The SMILES string of the molecule is CCCCCCCCCCCCCCCCc1cc(=O)c(CO)co1. The molecule has 1 aromatic rings. The molecule has 25 heavy (non-hydrogen) atoms. The third-order valence-corrected chi connectivity index (χ3v) is 4.91. The molecule has 1 N–H and O–H groups in total. The first-order valence-corrected chi connectivity index (χ1v) is 10.5. The predicted molar refractivity (Wildman–Crippen MR) is 105 cm³/mol. The molecule has 0 saturated carbocycles. The Morgan fingerprint density at radius 2 is 1.28 bits per heavy atom. The lowest BCUT2D eigenvalue weighted by atomic mass is 10.0. The van der Waals surface area contributed by atoms with E-state index in [-0.39, 0.29) is 12.0 Å². The Bertz CT molecular complexity index is 478. The lowest BCUT2D eigenvalue weighted by Crippen LogP contribution is -2.08. The Hall–Kier alpha value is -1.09. The molecule has 0 aromatic carbocycles. The van der Waals surface area contributed by atoms with Gasteiger partial charge in [-0.1, -0.05) is 90.4 Å². The van der Waals surface area contributed by atoms with Crippen molar-refractivity contribution < 1.29 is 9.52 Å². The lowest BCUT2D eigenvalue weighted by molar-refractivity contribution is 0.275. The molecule has 0 bridgehead atoms. The molecule has 0 unspecified atom stereocenters. The molecule has 0 spiro atoms. The molecular formula is C22H38O3. The minimum absolute atomic E-state index is 0.117. The summed E-state index contributed by atoms with van der Waals surface area (Å²) < 4.78 is 5.38. The summed E-state index contributed by atoms with van der Waals surface area (Å²) in [6.07, 6.45) is 21.1. The number of unbranched alkanes of at least 4 members (excludes halogenated alkanes) is 13. The Morgan fingerprint density at radius 1 is 0.800 bits per heavy atom. The van der Waals surface area contributed by atoms with E-state index in [4.69, 9.17) is 9.52 Å². The van der Waals surface area contributed by atoms with Crippen molar-refractivity contribution >= 4 is 0 Å². The summed E-state index contributed by atoms with van der Waals surface area (Å²) in [5, 5.41) is 8.96. The van der Waals surface area contributed by atoms with Crippen molar-refractivity contribution in [2.24, 2.45) is 0 Å². The van der Waals surface area contributed by atoms with Gasteiger partial charge in [0.2, 0.25) is 0 Å². The van der Waals surface area contributed by atoms with Crippen LogP contribution in [-0.4, -0.2) is 5.11 Å². The normalized spacial score (nSPS) is 11.1. The van der Waals surface area contributed by atoms with Crippen molar-refractivity contribution in [3.8, 4) is 0 Å². The zero-order chi connectivity index (χ0) is 18.2. The van der Waals surface area contributed by atoms with Crippen LogP contribution in [0.5, 0.6) is 0 Å². The maximum atomic E-state index is 11.6. The first-order valence-electron chi connectivity index (χ1n) is 10.5. The van der Waals surface area contributed by atoms with E-state index in [2.05, 4.69) is 6.92 Å². The van der Waals surface area contributed by atoms with E-state index in [1.807, 2.05) is 0 Å². The summed E-state index contributed by atoms with van der Waals surface area (Å²) in [4.78, 5) is 11.6. The maximum Gasteiger partial charge on any atom is 0.190 e. The fraction of sp³-hybridized carbons (Fsp3) is 0.773. The maximum absolute atomic E-state index is 11.6. The van der Waals surface area contributed by atoms with Gasteiger partial charge in [0.15, 0.2) is 5.43 Å². The Balaban J connectivity index is 1.87. The van der Waals surface area contributed by atoms with Gasteiger partial charge in [0.05, 0.1) is 18.4 Å². The van der Waals surface area contributed by atoms with Gasteiger partial charge in [-0.3, -0.25) is 4.79 Å². The van der Waals surface area contributed by atoms with E-state index in [1.54, 1.807) is 0 Å². The van der Waals surface area contributed by atoms with E-state index in [1.165, 1.54) is 95.8 Å². The molecule has 0 fully saturated rings. The number of aliphatic hydroxyl groups is 1. The largest absolute Gasteiger partial charge is 0.469 e. The van der Waals surface area contributed by atoms with Crippen LogP contribution < -0.4 is 5.43 Å². The zero-order valence-corrected chi connectivity index (χ0v) is 16.2. The van der Waals surface area contributed by atoms with Gasteiger partial charge >= 0.3 is 0 Å². The second kappa shape index (κ2) is 15.2. The van der Waals surface area contributed by atoms with E-state index in [0.29, 0.717) is 5.56 Å². The second-order valence-corrected chi connectivity index (χ2v) is 7.24. The first kappa shape index (κ1) is 22.0. The molecular weight excluding hydrogens is 312 g/mol. The summed E-state index contributed by atoms with van der Waals surface area (Å²) in [7, 11) is 0. The van der Waals surface area contributed by atoms with Gasteiger partial charge in [-0.05, 0) is 6.42 Å².